The Kier molecular flexibility index (Phi) is 4.48. The van der Waals surface area contributed by atoms with Crippen LogP contribution in [0, 0.1) is 13.8 Å². The molecule has 0 unspecified atom stereocenters. The Labute approximate surface area is 123 Å². The molecule has 0 aromatic carbocycles. The Balaban J connectivity index is 2.30. The van der Waals surface area contributed by atoms with Gasteiger partial charge in [0.1, 0.15) is 0 Å². The lowest BCUT2D eigenvalue weighted by Gasteiger charge is -2.08. The number of carbonyl (C=O) groups excluding carboxylic acids is 1. The summed E-state index contributed by atoms with van der Waals surface area (Å²) in [6.45, 7) is 7.02. The van der Waals surface area contributed by atoms with Crippen molar-refractivity contribution in [2.75, 3.05) is 5.88 Å². The molecule has 0 aliphatic heterocycles. The molecule has 19 heavy (non-hydrogen) atoms. The molecule has 102 valence electrons. The molecule has 0 N–H and O–H groups in total. The average Bonchev–Trinajstić information content (AvgIpc) is 2.97. The van der Waals surface area contributed by atoms with E-state index in [9.17, 15) is 4.79 Å². The maximum Gasteiger partial charge on any atom is 0.179 e. The van der Waals surface area contributed by atoms with Gasteiger partial charge in [0, 0.05) is 26.7 Å². The van der Waals surface area contributed by atoms with Crippen molar-refractivity contribution in [3.63, 3.8) is 0 Å². The molecule has 2 nitrogen and oxygen atoms in total. The molecule has 0 aliphatic carbocycles. The molecule has 0 amide bonds. The number of nitrogens with zero attached hydrogens (tertiary/aromatic N) is 1. The number of hydrogen-bond donors (Lipinski definition) is 0. The summed E-state index contributed by atoms with van der Waals surface area (Å²) in [5, 5.41) is 0. The number of ketones is 1. The van der Waals surface area contributed by atoms with Gasteiger partial charge in [-0.1, -0.05) is 6.92 Å². The molecule has 0 fully saturated rings. The van der Waals surface area contributed by atoms with Crippen LogP contribution >= 0.6 is 22.9 Å². The van der Waals surface area contributed by atoms with Crippen molar-refractivity contribution in [2.45, 2.75) is 33.7 Å². The Morgan fingerprint density at radius 1 is 1.32 bits per heavy atom. The SMILES string of the molecule is CCc1ccc(Cn2c(C)cc(C(=O)CCl)c2C)s1. The van der Waals surface area contributed by atoms with Gasteiger partial charge in [-0.2, -0.15) is 0 Å². The number of alkyl halides is 1. The van der Waals surface area contributed by atoms with Crippen LogP contribution in [0.3, 0.4) is 0 Å². The van der Waals surface area contributed by atoms with Crippen LogP contribution in [-0.4, -0.2) is 16.2 Å². The number of carbonyl (C=O) groups is 1. The molecule has 0 spiro atoms. The van der Waals surface area contributed by atoms with Crippen molar-refractivity contribution >= 4 is 28.7 Å². The van der Waals surface area contributed by atoms with E-state index in [1.807, 2.05) is 31.3 Å². The van der Waals surface area contributed by atoms with Gasteiger partial charge in [0.05, 0.1) is 12.4 Å². The third-order valence-electron chi connectivity index (χ3n) is 3.38. The zero-order chi connectivity index (χ0) is 14.0. The van der Waals surface area contributed by atoms with E-state index in [1.54, 1.807) is 0 Å². The number of halogens is 1. The fourth-order valence-corrected chi connectivity index (χ4v) is 3.34. The highest BCUT2D eigenvalue weighted by Gasteiger charge is 2.15. The summed E-state index contributed by atoms with van der Waals surface area (Å²) in [7, 11) is 0. The van der Waals surface area contributed by atoms with E-state index in [-0.39, 0.29) is 11.7 Å². The van der Waals surface area contributed by atoms with Crippen LogP contribution in [-0.2, 0) is 13.0 Å². The van der Waals surface area contributed by atoms with Gasteiger partial charge in [-0.25, -0.2) is 0 Å². The Morgan fingerprint density at radius 2 is 2.00 bits per heavy atom. The van der Waals surface area contributed by atoms with Crippen molar-refractivity contribution in [1.29, 1.82) is 0 Å². The number of Topliss-reactive ketones (excluding diaryl/α,β-unsaturated/α-hetero) is 1. The van der Waals surface area contributed by atoms with Gasteiger partial charge in [0.15, 0.2) is 5.78 Å². The second kappa shape index (κ2) is 5.93. The average molecular weight is 296 g/mol. The van der Waals surface area contributed by atoms with Crippen LogP contribution in [0.4, 0.5) is 0 Å². The standard InChI is InChI=1S/C15H18ClNOS/c1-4-12-5-6-13(19-12)9-17-10(2)7-14(11(17)3)15(18)8-16/h5-7H,4,8-9H2,1-3H3. The molecule has 0 atom stereocenters. The predicted octanol–water partition coefficient (Wildman–Crippen LogP) is 4.20. The number of aromatic nitrogens is 1. The zero-order valence-corrected chi connectivity index (χ0v) is 13.1. The van der Waals surface area contributed by atoms with E-state index in [2.05, 4.69) is 23.6 Å². The molecule has 2 heterocycles. The predicted molar refractivity (Wildman–Crippen MR) is 81.8 cm³/mol. The molecule has 0 saturated heterocycles. The Bertz CT molecular complexity index is 597. The van der Waals surface area contributed by atoms with Gasteiger partial charge in [-0.3, -0.25) is 4.79 Å². The van der Waals surface area contributed by atoms with Crippen LogP contribution in [0.25, 0.3) is 0 Å². The van der Waals surface area contributed by atoms with Crippen LogP contribution in [0.5, 0.6) is 0 Å². The molecule has 2 aromatic heterocycles. The van der Waals surface area contributed by atoms with Crippen molar-refractivity contribution in [2.24, 2.45) is 0 Å². The topological polar surface area (TPSA) is 22.0 Å². The maximum atomic E-state index is 11.8. The van der Waals surface area contributed by atoms with E-state index >= 15 is 0 Å². The number of aryl methyl sites for hydroxylation is 2. The summed E-state index contributed by atoms with van der Waals surface area (Å²) >= 11 is 7.48. The highest BCUT2D eigenvalue weighted by atomic mass is 35.5. The first-order valence-corrected chi connectivity index (χ1v) is 7.75. The molecule has 0 aliphatic rings. The summed E-state index contributed by atoms with van der Waals surface area (Å²) in [4.78, 5) is 14.5. The largest absolute Gasteiger partial charge is 0.343 e. The lowest BCUT2D eigenvalue weighted by molar-refractivity contribution is 0.102. The summed E-state index contributed by atoms with van der Waals surface area (Å²) in [6, 6.07) is 6.29. The van der Waals surface area contributed by atoms with Crippen molar-refractivity contribution in [1.82, 2.24) is 4.57 Å². The molecule has 0 saturated carbocycles. The van der Waals surface area contributed by atoms with Gasteiger partial charge in [0.25, 0.3) is 0 Å². The number of rotatable bonds is 5. The summed E-state index contributed by atoms with van der Waals surface area (Å²) < 4.78 is 2.19. The Morgan fingerprint density at radius 3 is 2.58 bits per heavy atom. The molecular weight excluding hydrogens is 278 g/mol. The van der Waals surface area contributed by atoms with Crippen molar-refractivity contribution in [3.8, 4) is 0 Å². The van der Waals surface area contributed by atoms with Crippen LogP contribution in [0.2, 0.25) is 0 Å². The highest BCUT2D eigenvalue weighted by molar-refractivity contribution is 7.11. The summed E-state index contributed by atoms with van der Waals surface area (Å²) in [5.41, 5.74) is 2.87. The van der Waals surface area contributed by atoms with Gasteiger partial charge in [0.2, 0.25) is 0 Å². The normalized spacial score (nSPS) is 10.9. The second-order valence-electron chi connectivity index (χ2n) is 4.65. The van der Waals surface area contributed by atoms with Gasteiger partial charge < -0.3 is 4.57 Å². The minimum atomic E-state index is 0.00134. The van der Waals surface area contributed by atoms with Crippen molar-refractivity contribution < 1.29 is 4.79 Å². The Hall–Kier alpha value is -1.06. The minimum absolute atomic E-state index is 0.00134. The smallest absolute Gasteiger partial charge is 0.179 e. The molecule has 0 bridgehead atoms. The van der Waals surface area contributed by atoms with Crippen LogP contribution in [0.1, 0.15) is 38.4 Å². The molecule has 0 radical (unpaired) electrons. The zero-order valence-electron chi connectivity index (χ0n) is 11.5. The second-order valence-corrected chi connectivity index (χ2v) is 6.17. The van der Waals surface area contributed by atoms with Gasteiger partial charge in [-0.05, 0) is 38.5 Å². The van der Waals surface area contributed by atoms with E-state index in [0.717, 1.165) is 29.9 Å². The maximum absolute atomic E-state index is 11.8. The number of thiophene rings is 1. The molecule has 4 heteroatoms. The highest BCUT2D eigenvalue weighted by Crippen LogP contribution is 2.22. The fraction of sp³-hybridized carbons (Fsp3) is 0.400. The lowest BCUT2D eigenvalue weighted by atomic mass is 10.2. The molecule has 2 rings (SSSR count). The van der Waals surface area contributed by atoms with E-state index in [0.29, 0.717) is 0 Å². The minimum Gasteiger partial charge on any atom is -0.343 e. The van der Waals surface area contributed by atoms with Crippen LogP contribution in [0.15, 0.2) is 18.2 Å². The fourth-order valence-electron chi connectivity index (χ4n) is 2.25. The third-order valence-corrected chi connectivity index (χ3v) is 4.83. The summed E-state index contributed by atoms with van der Waals surface area (Å²) in [6.07, 6.45) is 1.07. The van der Waals surface area contributed by atoms with Crippen LogP contribution < -0.4 is 0 Å². The summed E-state index contributed by atoms with van der Waals surface area (Å²) in [5.74, 6) is 0.0463. The van der Waals surface area contributed by atoms with E-state index < -0.39 is 0 Å². The number of hydrogen-bond acceptors (Lipinski definition) is 2. The van der Waals surface area contributed by atoms with Gasteiger partial charge in [-0.15, -0.1) is 22.9 Å². The first-order chi connectivity index (χ1) is 9.06. The van der Waals surface area contributed by atoms with E-state index in [4.69, 9.17) is 11.6 Å². The van der Waals surface area contributed by atoms with Gasteiger partial charge >= 0.3 is 0 Å². The monoisotopic (exact) mass is 295 g/mol. The van der Waals surface area contributed by atoms with Crippen molar-refractivity contribution in [3.05, 3.63) is 44.9 Å². The lowest BCUT2D eigenvalue weighted by Crippen LogP contribution is -2.06. The molecular formula is C15H18ClNOS. The first kappa shape index (κ1) is 14.4. The quantitative estimate of drug-likeness (QED) is 0.598. The van der Waals surface area contributed by atoms with E-state index in [1.165, 1.54) is 9.75 Å². The molecule has 2 aromatic rings. The first-order valence-electron chi connectivity index (χ1n) is 6.40. The third kappa shape index (κ3) is 2.93.